The van der Waals surface area contributed by atoms with Crippen molar-refractivity contribution < 1.29 is 19.7 Å². The Morgan fingerprint density at radius 2 is 1.93 bits per heavy atom. The summed E-state index contributed by atoms with van der Waals surface area (Å²) in [6.45, 7) is 0. The maximum atomic E-state index is 12.9. The number of aromatic hydroxyl groups is 1. The third-order valence-corrected chi connectivity index (χ3v) is 2.50. The van der Waals surface area contributed by atoms with Gasteiger partial charge in [0, 0.05) is 5.56 Å². The van der Waals surface area contributed by atoms with Crippen LogP contribution >= 0.6 is 23.2 Å². The van der Waals surface area contributed by atoms with Crippen LogP contribution in [0, 0.1) is 5.82 Å². The predicted molar refractivity (Wildman–Crippen MR) is 54.8 cm³/mol. The van der Waals surface area contributed by atoms with E-state index in [2.05, 4.69) is 0 Å². The van der Waals surface area contributed by atoms with Crippen molar-refractivity contribution >= 4 is 23.2 Å². The third kappa shape index (κ3) is 2.72. The van der Waals surface area contributed by atoms with Crippen molar-refractivity contribution in [3.05, 3.63) is 28.5 Å². The topological polar surface area (TPSA) is 60.7 Å². The molecule has 0 saturated heterocycles. The molecule has 0 heterocycles. The number of rotatable bonds is 3. The zero-order valence-electron chi connectivity index (χ0n) is 7.49. The van der Waals surface area contributed by atoms with Crippen LogP contribution in [0.4, 0.5) is 4.39 Å². The van der Waals surface area contributed by atoms with Crippen LogP contribution in [0.3, 0.4) is 0 Å². The number of hydrogen-bond donors (Lipinski definition) is 3. The number of phenols is 1. The van der Waals surface area contributed by atoms with Gasteiger partial charge in [-0.05, 0) is 12.1 Å². The standard InChI is InChI=1S/C9H9Cl2FO3/c10-3-7(13)9(15)5-1-4(12)2-6(11)8(5)14/h1-2,7,9,13-15H,3H2. The summed E-state index contributed by atoms with van der Waals surface area (Å²) < 4.78 is 12.9. The number of hydrogen-bond acceptors (Lipinski definition) is 3. The van der Waals surface area contributed by atoms with Gasteiger partial charge in [-0.15, -0.1) is 11.6 Å². The molecular formula is C9H9Cl2FO3. The van der Waals surface area contributed by atoms with E-state index in [0.29, 0.717) is 0 Å². The number of benzene rings is 1. The first-order valence-corrected chi connectivity index (χ1v) is 4.98. The van der Waals surface area contributed by atoms with E-state index in [9.17, 15) is 19.7 Å². The monoisotopic (exact) mass is 254 g/mol. The van der Waals surface area contributed by atoms with Crippen LogP contribution in [-0.4, -0.2) is 27.3 Å². The Kier molecular flexibility index (Phi) is 4.16. The van der Waals surface area contributed by atoms with Crippen molar-refractivity contribution in [1.82, 2.24) is 0 Å². The fourth-order valence-electron chi connectivity index (χ4n) is 1.10. The largest absolute Gasteiger partial charge is 0.506 e. The molecule has 0 saturated carbocycles. The number of phenolic OH excluding ortho intramolecular Hbond substituents is 1. The summed E-state index contributed by atoms with van der Waals surface area (Å²) in [5.41, 5.74) is -0.187. The second-order valence-electron chi connectivity index (χ2n) is 2.99. The molecule has 3 N–H and O–H groups in total. The quantitative estimate of drug-likeness (QED) is 0.722. The van der Waals surface area contributed by atoms with Crippen molar-refractivity contribution in [2.24, 2.45) is 0 Å². The highest BCUT2D eigenvalue weighted by Gasteiger charge is 2.22. The summed E-state index contributed by atoms with van der Waals surface area (Å²) in [6.07, 6.45) is -2.77. The van der Waals surface area contributed by atoms with Crippen molar-refractivity contribution in [2.45, 2.75) is 12.2 Å². The van der Waals surface area contributed by atoms with Gasteiger partial charge in [-0.2, -0.15) is 0 Å². The van der Waals surface area contributed by atoms with Crippen LogP contribution in [0.2, 0.25) is 5.02 Å². The fourth-order valence-corrected chi connectivity index (χ4v) is 1.49. The van der Waals surface area contributed by atoms with Crippen molar-refractivity contribution in [3.8, 4) is 5.75 Å². The Labute approximate surface area is 95.7 Å². The minimum atomic E-state index is -1.48. The molecule has 1 aromatic carbocycles. The highest BCUT2D eigenvalue weighted by molar-refractivity contribution is 6.32. The summed E-state index contributed by atoms with van der Waals surface area (Å²) in [4.78, 5) is 0. The Balaban J connectivity index is 3.13. The lowest BCUT2D eigenvalue weighted by Gasteiger charge is -2.17. The summed E-state index contributed by atoms with van der Waals surface area (Å²) in [5.74, 6) is -1.42. The lowest BCUT2D eigenvalue weighted by Crippen LogP contribution is -2.20. The van der Waals surface area contributed by atoms with Crippen molar-refractivity contribution in [3.63, 3.8) is 0 Å². The van der Waals surface area contributed by atoms with Crippen LogP contribution in [0.15, 0.2) is 12.1 Å². The minimum absolute atomic E-state index is 0.187. The average molecular weight is 255 g/mol. The molecule has 0 aliphatic heterocycles. The molecule has 6 heteroatoms. The van der Waals surface area contributed by atoms with E-state index in [1.54, 1.807) is 0 Å². The first-order valence-electron chi connectivity index (χ1n) is 4.07. The Hall–Kier alpha value is -0.550. The van der Waals surface area contributed by atoms with Crippen LogP contribution < -0.4 is 0 Å². The van der Waals surface area contributed by atoms with Crippen LogP contribution in [-0.2, 0) is 0 Å². The molecular weight excluding hydrogens is 246 g/mol. The molecule has 0 spiro atoms. The molecule has 1 aromatic rings. The molecule has 0 radical (unpaired) electrons. The summed E-state index contributed by atoms with van der Waals surface area (Å²) in [6, 6.07) is 1.79. The van der Waals surface area contributed by atoms with Crippen LogP contribution in [0.25, 0.3) is 0 Å². The third-order valence-electron chi connectivity index (χ3n) is 1.90. The van der Waals surface area contributed by atoms with Gasteiger partial charge in [0.25, 0.3) is 0 Å². The van der Waals surface area contributed by atoms with Gasteiger partial charge in [0.1, 0.15) is 17.7 Å². The second kappa shape index (κ2) is 4.99. The van der Waals surface area contributed by atoms with Gasteiger partial charge in [0.05, 0.1) is 17.0 Å². The van der Waals surface area contributed by atoms with Gasteiger partial charge in [0.2, 0.25) is 0 Å². The molecule has 3 nitrogen and oxygen atoms in total. The van der Waals surface area contributed by atoms with Crippen molar-refractivity contribution in [2.75, 3.05) is 5.88 Å². The Bertz CT molecular complexity index is 359. The van der Waals surface area contributed by atoms with Crippen LogP contribution in [0.1, 0.15) is 11.7 Å². The zero-order chi connectivity index (χ0) is 11.6. The zero-order valence-corrected chi connectivity index (χ0v) is 9.00. The summed E-state index contributed by atoms with van der Waals surface area (Å²) in [5, 5.41) is 27.9. The first-order chi connectivity index (χ1) is 6.97. The van der Waals surface area contributed by atoms with Gasteiger partial charge in [0.15, 0.2) is 0 Å². The van der Waals surface area contributed by atoms with E-state index < -0.39 is 23.8 Å². The lowest BCUT2D eigenvalue weighted by atomic mass is 10.0. The normalized spacial score (nSPS) is 15.0. The van der Waals surface area contributed by atoms with E-state index in [0.717, 1.165) is 12.1 Å². The first kappa shape index (κ1) is 12.5. The molecule has 0 aliphatic carbocycles. The summed E-state index contributed by atoms with van der Waals surface area (Å²) in [7, 11) is 0. The molecule has 0 aliphatic rings. The van der Waals surface area contributed by atoms with Gasteiger partial charge in [-0.25, -0.2) is 4.39 Å². The smallest absolute Gasteiger partial charge is 0.140 e. The SMILES string of the molecule is Oc1c(Cl)cc(F)cc1C(O)C(O)CCl. The highest BCUT2D eigenvalue weighted by Crippen LogP contribution is 2.34. The number of alkyl halides is 1. The number of halogens is 3. The van der Waals surface area contributed by atoms with Crippen LogP contribution in [0.5, 0.6) is 5.75 Å². The van der Waals surface area contributed by atoms with Gasteiger partial charge < -0.3 is 15.3 Å². The Morgan fingerprint density at radius 3 is 2.47 bits per heavy atom. The molecule has 2 unspecified atom stereocenters. The van der Waals surface area contributed by atoms with Gasteiger partial charge in [-0.1, -0.05) is 11.6 Å². The molecule has 0 aromatic heterocycles. The maximum Gasteiger partial charge on any atom is 0.140 e. The van der Waals surface area contributed by atoms with E-state index in [1.807, 2.05) is 0 Å². The van der Waals surface area contributed by atoms with E-state index in [1.165, 1.54) is 0 Å². The maximum absolute atomic E-state index is 12.9. The Morgan fingerprint density at radius 1 is 1.33 bits per heavy atom. The summed E-state index contributed by atoms with van der Waals surface area (Å²) >= 11 is 10.8. The number of aliphatic hydroxyl groups excluding tert-OH is 2. The van der Waals surface area contributed by atoms with E-state index in [-0.39, 0.29) is 16.5 Å². The number of aliphatic hydroxyl groups is 2. The van der Waals surface area contributed by atoms with Gasteiger partial charge >= 0.3 is 0 Å². The molecule has 0 bridgehead atoms. The van der Waals surface area contributed by atoms with Gasteiger partial charge in [-0.3, -0.25) is 0 Å². The molecule has 1 rings (SSSR count). The minimum Gasteiger partial charge on any atom is -0.506 e. The fraction of sp³-hybridized carbons (Fsp3) is 0.333. The molecule has 15 heavy (non-hydrogen) atoms. The average Bonchev–Trinajstić information content (AvgIpc) is 2.21. The predicted octanol–water partition coefficient (Wildman–Crippen LogP) is 1.82. The van der Waals surface area contributed by atoms with E-state index >= 15 is 0 Å². The second-order valence-corrected chi connectivity index (χ2v) is 3.71. The van der Waals surface area contributed by atoms with Crippen molar-refractivity contribution in [1.29, 1.82) is 0 Å². The molecule has 0 amide bonds. The molecule has 84 valence electrons. The lowest BCUT2D eigenvalue weighted by molar-refractivity contribution is 0.0311. The molecule has 0 fully saturated rings. The molecule has 2 atom stereocenters. The van der Waals surface area contributed by atoms with E-state index in [4.69, 9.17) is 23.2 Å². The highest BCUT2D eigenvalue weighted by atomic mass is 35.5.